The van der Waals surface area contributed by atoms with Crippen molar-refractivity contribution in [3.8, 4) is 5.75 Å². The van der Waals surface area contributed by atoms with Crippen molar-refractivity contribution in [2.45, 2.75) is 18.2 Å². The van der Waals surface area contributed by atoms with Crippen molar-refractivity contribution in [1.29, 1.82) is 0 Å². The Morgan fingerprint density at radius 3 is 2.62 bits per heavy atom. The molecule has 0 amide bonds. The number of benzene rings is 1. The van der Waals surface area contributed by atoms with Crippen LogP contribution in [0.5, 0.6) is 5.75 Å². The Morgan fingerprint density at radius 1 is 1.19 bits per heavy atom. The maximum Gasteiger partial charge on any atom is 0.133 e. The second-order valence-corrected chi connectivity index (χ2v) is 6.32. The molecule has 0 bridgehead atoms. The molecule has 0 saturated heterocycles. The number of furan rings is 1. The van der Waals surface area contributed by atoms with Gasteiger partial charge in [-0.05, 0) is 45.8 Å². The van der Waals surface area contributed by atoms with Gasteiger partial charge in [-0.2, -0.15) is 0 Å². The quantitative estimate of drug-likeness (QED) is 0.463. The van der Waals surface area contributed by atoms with E-state index in [1.54, 1.807) is 7.11 Å². The van der Waals surface area contributed by atoms with Crippen LogP contribution in [0.3, 0.4) is 0 Å². The van der Waals surface area contributed by atoms with Crippen LogP contribution in [0.15, 0.2) is 39.2 Å². The van der Waals surface area contributed by atoms with Crippen LogP contribution in [0.2, 0.25) is 0 Å². The van der Waals surface area contributed by atoms with Gasteiger partial charge in [-0.1, -0.05) is 28.9 Å². The molecule has 1 unspecified atom stereocenters. The lowest BCUT2D eigenvalue weighted by Crippen LogP contribution is -2.04. The van der Waals surface area contributed by atoms with Crippen LogP contribution in [-0.4, -0.2) is 20.3 Å². The average molecular weight is 418 g/mol. The third-order valence-corrected chi connectivity index (χ3v) is 4.67. The summed E-state index contributed by atoms with van der Waals surface area (Å²) in [5.41, 5.74) is 1.11. The molecule has 0 aliphatic carbocycles. The maximum absolute atomic E-state index is 5.79. The first-order valence-corrected chi connectivity index (χ1v) is 8.50. The van der Waals surface area contributed by atoms with Crippen molar-refractivity contribution in [2.24, 2.45) is 0 Å². The van der Waals surface area contributed by atoms with Crippen LogP contribution in [0.25, 0.3) is 0 Å². The first-order valence-electron chi connectivity index (χ1n) is 6.79. The van der Waals surface area contributed by atoms with Gasteiger partial charge in [-0.15, -0.1) is 0 Å². The lowest BCUT2D eigenvalue weighted by Gasteiger charge is -2.12. The van der Waals surface area contributed by atoms with E-state index in [2.05, 4.69) is 38.8 Å². The van der Waals surface area contributed by atoms with E-state index in [1.165, 1.54) is 0 Å². The monoisotopic (exact) mass is 416 g/mol. The summed E-state index contributed by atoms with van der Waals surface area (Å²) in [6, 6.07) is 10.0. The molecule has 0 fully saturated rings. The highest BCUT2D eigenvalue weighted by atomic mass is 79.9. The zero-order valence-electron chi connectivity index (χ0n) is 12.1. The molecule has 1 aromatic heterocycles. The first-order chi connectivity index (χ1) is 10.2. The molecule has 5 heteroatoms. The molecule has 1 aromatic carbocycles. The molecular formula is C16H18Br2O3. The number of rotatable bonds is 7. The van der Waals surface area contributed by atoms with E-state index in [4.69, 9.17) is 13.9 Å². The minimum atomic E-state index is 0.0297. The first kappa shape index (κ1) is 16.6. The van der Waals surface area contributed by atoms with Gasteiger partial charge < -0.3 is 13.9 Å². The Labute approximate surface area is 141 Å². The molecular weight excluding hydrogens is 400 g/mol. The number of alkyl halides is 1. The summed E-state index contributed by atoms with van der Waals surface area (Å²) in [4.78, 5) is 0.0297. The van der Waals surface area contributed by atoms with Crippen LogP contribution in [0, 0.1) is 0 Å². The Kier molecular flexibility index (Phi) is 6.33. The van der Waals surface area contributed by atoms with Gasteiger partial charge >= 0.3 is 0 Å². The molecule has 0 N–H and O–H groups in total. The Hall–Kier alpha value is -0.780. The van der Waals surface area contributed by atoms with E-state index >= 15 is 0 Å². The predicted molar refractivity (Wildman–Crippen MR) is 90.4 cm³/mol. The second-order valence-electron chi connectivity index (χ2n) is 4.55. The van der Waals surface area contributed by atoms with E-state index in [9.17, 15) is 0 Å². The highest BCUT2D eigenvalue weighted by molar-refractivity contribution is 9.10. The largest absolute Gasteiger partial charge is 0.490 e. The molecule has 0 aliphatic rings. The van der Waals surface area contributed by atoms with Crippen LogP contribution in [-0.2, 0) is 11.2 Å². The molecule has 3 nitrogen and oxygen atoms in total. The molecule has 1 atom stereocenters. The Bertz CT molecular complexity index is 581. The summed E-state index contributed by atoms with van der Waals surface area (Å²) in [6.45, 7) is 3.18. The average Bonchev–Trinajstić information content (AvgIpc) is 2.97. The summed E-state index contributed by atoms with van der Waals surface area (Å²) >= 11 is 7.23. The zero-order valence-corrected chi connectivity index (χ0v) is 15.2. The summed E-state index contributed by atoms with van der Waals surface area (Å²) in [7, 11) is 1.66. The van der Waals surface area contributed by atoms with E-state index in [1.807, 2.05) is 30.3 Å². The van der Waals surface area contributed by atoms with Crippen LogP contribution < -0.4 is 4.74 Å². The second kappa shape index (κ2) is 8.01. The Morgan fingerprint density at radius 2 is 2.00 bits per heavy atom. The fourth-order valence-electron chi connectivity index (χ4n) is 1.91. The number of halogens is 2. The van der Waals surface area contributed by atoms with E-state index in [-0.39, 0.29) is 4.83 Å². The lowest BCUT2D eigenvalue weighted by molar-refractivity contribution is 0.146. The van der Waals surface area contributed by atoms with E-state index < -0.39 is 0 Å². The van der Waals surface area contributed by atoms with E-state index in [0.29, 0.717) is 13.2 Å². The predicted octanol–water partition coefficient (Wildman–Crippen LogP) is 5.11. The van der Waals surface area contributed by atoms with Gasteiger partial charge in [0.15, 0.2) is 0 Å². The number of hydrogen-bond donors (Lipinski definition) is 0. The van der Waals surface area contributed by atoms with Crippen molar-refractivity contribution >= 4 is 31.9 Å². The molecule has 2 aromatic rings. The van der Waals surface area contributed by atoms with Gasteiger partial charge in [0.1, 0.15) is 23.9 Å². The molecule has 1 heterocycles. The third kappa shape index (κ3) is 4.34. The molecule has 2 rings (SSSR count). The standard InChI is InChI=1S/C16H18Br2O3/c1-3-12-5-7-15(21-12)16(18)11-4-6-14(13(17)10-11)20-9-8-19-2/h4-7,10,16H,3,8-9H2,1-2H3. The highest BCUT2D eigenvalue weighted by Crippen LogP contribution is 2.36. The van der Waals surface area contributed by atoms with Crippen LogP contribution >= 0.6 is 31.9 Å². The van der Waals surface area contributed by atoms with E-state index in [0.717, 1.165) is 33.7 Å². The summed E-state index contributed by atoms with van der Waals surface area (Å²) in [6.07, 6.45) is 0.899. The van der Waals surface area contributed by atoms with Crippen LogP contribution in [0.4, 0.5) is 0 Å². The van der Waals surface area contributed by atoms with Crippen molar-refractivity contribution in [1.82, 2.24) is 0 Å². The number of ether oxygens (including phenoxy) is 2. The fraction of sp³-hybridized carbons (Fsp3) is 0.375. The zero-order chi connectivity index (χ0) is 15.2. The number of methoxy groups -OCH3 is 1. The summed E-state index contributed by atoms with van der Waals surface area (Å²) < 4.78 is 17.3. The lowest BCUT2D eigenvalue weighted by atomic mass is 10.1. The minimum Gasteiger partial charge on any atom is -0.490 e. The third-order valence-electron chi connectivity index (χ3n) is 3.07. The topological polar surface area (TPSA) is 31.6 Å². The molecule has 114 valence electrons. The molecule has 0 radical (unpaired) electrons. The van der Waals surface area contributed by atoms with Crippen LogP contribution in [0.1, 0.15) is 28.8 Å². The number of hydrogen-bond acceptors (Lipinski definition) is 3. The van der Waals surface area contributed by atoms with Gasteiger partial charge in [-0.3, -0.25) is 0 Å². The smallest absolute Gasteiger partial charge is 0.133 e. The van der Waals surface area contributed by atoms with Crippen molar-refractivity contribution < 1.29 is 13.9 Å². The van der Waals surface area contributed by atoms with Crippen molar-refractivity contribution in [2.75, 3.05) is 20.3 Å². The SMILES string of the molecule is CCc1ccc(C(Br)c2ccc(OCCOC)c(Br)c2)o1. The normalized spacial score (nSPS) is 12.4. The number of aryl methyl sites for hydroxylation is 1. The Balaban J connectivity index is 2.11. The van der Waals surface area contributed by atoms with Gasteiger partial charge in [-0.25, -0.2) is 0 Å². The van der Waals surface area contributed by atoms with Crippen molar-refractivity contribution in [3.05, 3.63) is 51.9 Å². The fourth-order valence-corrected chi connectivity index (χ4v) is 2.95. The van der Waals surface area contributed by atoms with Gasteiger partial charge in [0.05, 0.1) is 15.9 Å². The van der Waals surface area contributed by atoms with Gasteiger partial charge in [0.25, 0.3) is 0 Å². The highest BCUT2D eigenvalue weighted by Gasteiger charge is 2.16. The van der Waals surface area contributed by atoms with Gasteiger partial charge in [0, 0.05) is 13.5 Å². The molecule has 0 spiro atoms. The summed E-state index contributed by atoms with van der Waals surface area (Å²) in [5, 5.41) is 0. The summed E-state index contributed by atoms with van der Waals surface area (Å²) in [5.74, 6) is 2.71. The molecule has 0 saturated carbocycles. The molecule has 0 aliphatic heterocycles. The van der Waals surface area contributed by atoms with Gasteiger partial charge in [0.2, 0.25) is 0 Å². The van der Waals surface area contributed by atoms with Crippen molar-refractivity contribution in [3.63, 3.8) is 0 Å². The molecule has 21 heavy (non-hydrogen) atoms. The minimum absolute atomic E-state index is 0.0297. The maximum atomic E-state index is 5.79.